The summed E-state index contributed by atoms with van der Waals surface area (Å²) in [6.07, 6.45) is -1.10. The summed E-state index contributed by atoms with van der Waals surface area (Å²) in [5, 5.41) is 14.5. The van der Waals surface area contributed by atoms with Gasteiger partial charge in [-0.15, -0.1) is 0 Å². The molecule has 1 aromatic heterocycles. The smallest absolute Gasteiger partial charge is 0.337 e. The number of nitrogens with zero attached hydrogens (tertiary/aromatic N) is 2. The zero-order valence-electron chi connectivity index (χ0n) is 21.9. The molecule has 0 amide bonds. The first-order chi connectivity index (χ1) is 17.1. The van der Waals surface area contributed by atoms with Crippen LogP contribution in [0, 0.1) is 13.8 Å². The molecule has 1 saturated heterocycles. The van der Waals surface area contributed by atoms with E-state index < -0.39 is 17.7 Å². The molecular weight excluding hydrogens is 454 g/mol. The van der Waals surface area contributed by atoms with Crippen molar-refractivity contribution in [3.05, 3.63) is 59.2 Å². The van der Waals surface area contributed by atoms with Gasteiger partial charge in [0.25, 0.3) is 0 Å². The lowest BCUT2D eigenvalue weighted by Gasteiger charge is -2.28. The van der Waals surface area contributed by atoms with Crippen LogP contribution in [0.2, 0.25) is 0 Å². The lowest BCUT2D eigenvalue weighted by molar-refractivity contribution is -0.160. The van der Waals surface area contributed by atoms with Gasteiger partial charge in [-0.05, 0) is 69.5 Å². The topological polar surface area (TPSA) is 83.9 Å². The van der Waals surface area contributed by atoms with Gasteiger partial charge >= 0.3 is 5.97 Å². The molecule has 7 heteroatoms. The summed E-state index contributed by atoms with van der Waals surface area (Å²) in [5.74, 6) is -0.200. The molecule has 0 radical (unpaired) electrons. The van der Waals surface area contributed by atoms with Gasteiger partial charge in [-0.25, -0.2) is 9.78 Å². The number of pyridine rings is 1. The third-order valence-electron chi connectivity index (χ3n) is 6.38. The maximum absolute atomic E-state index is 12.4. The normalized spacial score (nSPS) is 15.7. The Morgan fingerprint density at radius 2 is 1.83 bits per heavy atom. The van der Waals surface area contributed by atoms with E-state index in [0.717, 1.165) is 78.4 Å². The van der Waals surface area contributed by atoms with Crippen LogP contribution in [0.15, 0.2) is 42.5 Å². The van der Waals surface area contributed by atoms with Crippen LogP contribution in [0.1, 0.15) is 43.6 Å². The van der Waals surface area contributed by atoms with Crippen LogP contribution in [-0.4, -0.2) is 66.0 Å². The minimum absolute atomic E-state index is 0.624. The molecule has 1 aliphatic rings. The molecule has 0 bridgehead atoms. The second-order valence-electron chi connectivity index (χ2n) is 10.4. The number of hydrogen-bond donors (Lipinski definition) is 2. The molecule has 192 valence electrons. The largest absolute Gasteiger partial charge is 0.479 e. The standard InChI is InChI=1S/C29H37N3O4/c1-19-6-8-21(9-7-19)26-22-10-11-24(30-12-13-32-14-16-35-17-15-32)31-23(22)18-20(2)25(26)27(28(33)34)36-29(3,4)5/h6-11,18,27H,12-17H2,1-5H3,(H,30,31)(H,33,34)/t27-/m0/s1. The molecule has 4 rings (SSSR count). The summed E-state index contributed by atoms with van der Waals surface area (Å²) in [4.78, 5) is 19.7. The van der Waals surface area contributed by atoms with Crippen LogP contribution in [0.5, 0.6) is 0 Å². The van der Waals surface area contributed by atoms with Crippen LogP contribution < -0.4 is 5.32 Å². The third kappa shape index (κ3) is 6.22. The van der Waals surface area contributed by atoms with Gasteiger partial charge in [-0.3, -0.25) is 4.90 Å². The van der Waals surface area contributed by atoms with E-state index in [2.05, 4.69) is 10.2 Å². The van der Waals surface area contributed by atoms with E-state index in [1.54, 1.807) is 0 Å². The minimum Gasteiger partial charge on any atom is -0.479 e. The molecule has 0 unspecified atom stereocenters. The molecular formula is C29H37N3O4. The number of aromatic nitrogens is 1. The van der Waals surface area contributed by atoms with E-state index in [9.17, 15) is 9.90 Å². The highest BCUT2D eigenvalue weighted by molar-refractivity contribution is 5.99. The number of morpholine rings is 1. The highest BCUT2D eigenvalue weighted by atomic mass is 16.5. The van der Waals surface area contributed by atoms with Crippen molar-refractivity contribution in [1.29, 1.82) is 0 Å². The summed E-state index contributed by atoms with van der Waals surface area (Å²) >= 11 is 0. The van der Waals surface area contributed by atoms with Gasteiger partial charge in [0.2, 0.25) is 0 Å². The number of ether oxygens (including phenoxy) is 2. The van der Waals surface area contributed by atoms with Crippen molar-refractivity contribution in [2.45, 2.75) is 46.3 Å². The number of carbonyl (C=O) groups is 1. The zero-order chi connectivity index (χ0) is 25.9. The summed E-state index contributed by atoms with van der Waals surface area (Å²) in [7, 11) is 0. The predicted molar refractivity (Wildman–Crippen MR) is 144 cm³/mol. The number of hydrogen-bond acceptors (Lipinski definition) is 6. The Balaban J connectivity index is 1.75. The number of carboxylic acids is 1. The highest BCUT2D eigenvalue weighted by Crippen LogP contribution is 2.40. The van der Waals surface area contributed by atoms with Crippen molar-refractivity contribution >= 4 is 22.7 Å². The SMILES string of the molecule is Cc1ccc(-c2c([C@H](OC(C)(C)C)C(=O)O)c(C)cc3nc(NCCN4CCOCC4)ccc23)cc1. The van der Waals surface area contributed by atoms with Crippen molar-refractivity contribution in [2.75, 3.05) is 44.7 Å². The quantitative estimate of drug-likeness (QED) is 0.448. The molecule has 3 aromatic rings. The molecule has 2 aromatic carbocycles. The number of nitrogens with one attached hydrogen (secondary N) is 1. The van der Waals surface area contributed by atoms with E-state index in [1.165, 1.54) is 0 Å². The van der Waals surface area contributed by atoms with Gasteiger partial charge in [-0.2, -0.15) is 0 Å². The van der Waals surface area contributed by atoms with Gasteiger partial charge in [0, 0.05) is 37.1 Å². The fraction of sp³-hybridized carbons (Fsp3) is 0.448. The monoisotopic (exact) mass is 491 g/mol. The second kappa shape index (κ2) is 10.9. The molecule has 1 aliphatic heterocycles. The highest BCUT2D eigenvalue weighted by Gasteiger charge is 2.31. The van der Waals surface area contributed by atoms with E-state index in [1.807, 2.05) is 77.1 Å². The van der Waals surface area contributed by atoms with Crippen LogP contribution >= 0.6 is 0 Å². The number of benzene rings is 2. The van der Waals surface area contributed by atoms with E-state index in [4.69, 9.17) is 14.5 Å². The molecule has 36 heavy (non-hydrogen) atoms. The van der Waals surface area contributed by atoms with Crippen LogP contribution in [0.4, 0.5) is 5.82 Å². The molecule has 2 heterocycles. The zero-order valence-corrected chi connectivity index (χ0v) is 21.9. The van der Waals surface area contributed by atoms with Crippen molar-refractivity contribution in [1.82, 2.24) is 9.88 Å². The van der Waals surface area contributed by atoms with Crippen molar-refractivity contribution < 1.29 is 19.4 Å². The van der Waals surface area contributed by atoms with Gasteiger partial charge < -0.3 is 19.9 Å². The van der Waals surface area contributed by atoms with Gasteiger partial charge in [0.1, 0.15) is 5.82 Å². The number of aliphatic carboxylic acids is 1. The second-order valence-corrected chi connectivity index (χ2v) is 10.4. The van der Waals surface area contributed by atoms with E-state index in [-0.39, 0.29) is 0 Å². The Kier molecular flexibility index (Phi) is 7.93. The van der Waals surface area contributed by atoms with Crippen LogP contribution in [0.25, 0.3) is 22.0 Å². The van der Waals surface area contributed by atoms with Crippen LogP contribution in [-0.2, 0) is 14.3 Å². The number of rotatable bonds is 8. The first-order valence-corrected chi connectivity index (χ1v) is 12.6. The Morgan fingerprint density at radius 3 is 2.47 bits per heavy atom. The maximum atomic E-state index is 12.4. The fourth-order valence-corrected chi connectivity index (χ4v) is 4.64. The number of aryl methyl sites for hydroxylation is 2. The van der Waals surface area contributed by atoms with E-state index >= 15 is 0 Å². The Hall–Kier alpha value is -3.00. The average molecular weight is 492 g/mol. The lowest BCUT2D eigenvalue weighted by atomic mass is 9.88. The fourth-order valence-electron chi connectivity index (χ4n) is 4.64. The van der Waals surface area contributed by atoms with Crippen molar-refractivity contribution in [2.24, 2.45) is 0 Å². The Bertz CT molecular complexity index is 1210. The number of anilines is 1. The minimum atomic E-state index is -1.10. The first kappa shape index (κ1) is 26.1. The predicted octanol–water partition coefficient (Wildman–Crippen LogP) is 5.20. The van der Waals surface area contributed by atoms with Gasteiger partial charge in [0.15, 0.2) is 6.10 Å². The molecule has 1 atom stereocenters. The molecule has 0 aliphatic carbocycles. The van der Waals surface area contributed by atoms with Gasteiger partial charge in [0.05, 0.1) is 24.3 Å². The number of fused-ring (bicyclic) bond motifs is 1. The number of carboxylic acid groups (broad SMARTS) is 1. The first-order valence-electron chi connectivity index (χ1n) is 12.6. The van der Waals surface area contributed by atoms with E-state index in [0.29, 0.717) is 5.56 Å². The van der Waals surface area contributed by atoms with Gasteiger partial charge in [-0.1, -0.05) is 29.8 Å². The summed E-state index contributed by atoms with van der Waals surface area (Å²) < 4.78 is 11.5. The summed E-state index contributed by atoms with van der Waals surface area (Å²) in [6.45, 7) is 14.8. The molecule has 1 fully saturated rings. The Labute approximate surface area is 213 Å². The third-order valence-corrected chi connectivity index (χ3v) is 6.38. The Morgan fingerprint density at radius 1 is 1.14 bits per heavy atom. The molecule has 0 saturated carbocycles. The van der Waals surface area contributed by atoms with Crippen LogP contribution in [0.3, 0.4) is 0 Å². The van der Waals surface area contributed by atoms with Crippen molar-refractivity contribution in [3.63, 3.8) is 0 Å². The maximum Gasteiger partial charge on any atom is 0.337 e. The lowest BCUT2D eigenvalue weighted by Crippen LogP contribution is -2.39. The molecule has 7 nitrogen and oxygen atoms in total. The summed E-state index contributed by atoms with van der Waals surface area (Å²) in [5.41, 5.74) is 4.65. The summed E-state index contributed by atoms with van der Waals surface area (Å²) in [6, 6.07) is 14.1. The molecule has 2 N–H and O–H groups in total. The molecule has 0 spiro atoms. The van der Waals surface area contributed by atoms with Crippen molar-refractivity contribution in [3.8, 4) is 11.1 Å². The average Bonchev–Trinajstić information content (AvgIpc) is 2.82.